The van der Waals surface area contributed by atoms with Crippen LogP contribution in [0.1, 0.15) is 106 Å². The predicted octanol–water partition coefficient (Wildman–Crippen LogP) is 3.25. The zero-order valence-electron chi connectivity index (χ0n) is 38.8. The molecular formula is C47H68O18. The average Bonchev–Trinajstić information content (AvgIpc) is 3.20. The number of ether oxygens (including phenoxy) is 8. The Bertz CT molecular complexity index is 1860. The third-order valence-corrected chi connectivity index (χ3v) is 12.5. The fourth-order valence-corrected chi connectivity index (χ4v) is 8.56. The highest BCUT2D eigenvalue weighted by Crippen LogP contribution is 2.50. The van der Waals surface area contributed by atoms with Crippen LogP contribution in [0.5, 0.6) is 0 Å². The molecule has 0 aromatic heterocycles. The average molecular weight is 921 g/mol. The molecule has 65 heavy (non-hydrogen) atoms. The van der Waals surface area contributed by atoms with E-state index in [2.05, 4.69) is 0 Å². The van der Waals surface area contributed by atoms with Crippen molar-refractivity contribution in [3.05, 3.63) is 59.8 Å². The standard InChI is InChI=1S/C47H68O18/c1-10-31(50)13-11-12-14-39(52)63-43-30(21-41(54)59-9)20-34-24-37(27(2)48)62-42(55)23-32(51)22-35-25-38(60-28(3)49)45(6,7)46(56,64-35)26-36-18-29(19-40(53)58-8)17-33(61-36)15-16-44(4,5)47(43,57)65-34/h11-16,19,21,27,31-38,43,48,50-51,56-57H,10,17-18,20,22-26H2,1-9H3. The maximum absolute atomic E-state index is 13.4. The van der Waals surface area contributed by atoms with Crippen molar-refractivity contribution in [2.75, 3.05) is 14.2 Å². The topological polar surface area (TPSA) is 260 Å². The molecular weight excluding hydrogens is 852 g/mol. The summed E-state index contributed by atoms with van der Waals surface area (Å²) in [6.07, 6.45) is -0.770. The van der Waals surface area contributed by atoms with Crippen molar-refractivity contribution in [1.82, 2.24) is 0 Å². The lowest BCUT2D eigenvalue weighted by molar-refractivity contribution is -0.348. The van der Waals surface area contributed by atoms with E-state index < -0.39 is 120 Å². The second-order valence-electron chi connectivity index (χ2n) is 18.4. The van der Waals surface area contributed by atoms with E-state index in [0.717, 1.165) is 19.3 Å². The highest BCUT2D eigenvalue weighted by atomic mass is 16.7. The smallest absolute Gasteiger partial charge is 0.331 e. The van der Waals surface area contributed by atoms with Crippen LogP contribution in [0, 0.1) is 10.8 Å². The lowest BCUT2D eigenvalue weighted by Crippen LogP contribution is -2.62. The highest BCUT2D eigenvalue weighted by Gasteiger charge is 2.59. The summed E-state index contributed by atoms with van der Waals surface area (Å²) in [5.41, 5.74) is -2.16. The molecule has 0 amide bonds. The second-order valence-corrected chi connectivity index (χ2v) is 18.4. The molecule has 0 saturated carbocycles. The normalized spacial score (nSPS) is 35.4. The first kappa shape index (κ1) is 53.3. The molecule has 18 nitrogen and oxygen atoms in total. The third kappa shape index (κ3) is 13.9. The van der Waals surface area contributed by atoms with Crippen LogP contribution in [-0.4, -0.2) is 142 Å². The van der Waals surface area contributed by atoms with Crippen molar-refractivity contribution in [1.29, 1.82) is 0 Å². The number of carbonyl (C=O) groups is 5. The zero-order chi connectivity index (χ0) is 48.5. The lowest BCUT2D eigenvalue weighted by atomic mass is 9.70. The van der Waals surface area contributed by atoms with Gasteiger partial charge < -0.3 is 63.4 Å². The van der Waals surface area contributed by atoms with Gasteiger partial charge in [-0.2, -0.15) is 0 Å². The fourth-order valence-electron chi connectivity index (χ4n) is 8.56. The summed E-state index contributed by atoms with van der Waals surface area (Å²) in [7, 11) is 2.38. The van der Waals surface area contributed by atoms with Crippen LogP contribution in [0.3, 0.4) is 0 Å². The SMILES string of the molecule is CCC(O)C=CC=CC(=O)OC1C(=CC(=O)OC)CC2CC(C(C)O)OC(=O)CC(O)CC3CC(OC(C)=O)C(C)(C)C(O)(CC4CC(=CC(=O)OC)CC(C=CC(C)(C)C1(O)O2)O4)O3. The van der Waals surface area contributed by atoms with Gasteiger partial charge in [0.25, 0.3) is 0 Å². The van der Waals surface area contributed by atoms with Gasteiger partial charge in [-0.1, -0.05) is 70.6 Å². The number of fused-ring (bicyclic) bond motifs is 6. The van der Waals surface area contributed by atoms with Crippen LogP contribution in [-0.2, 0) is 61.9 Å². The molecule has 0 radical (unpaired) electrons. The Morgan fingerprint density at radius 3 is 2.17 bits per heavy atom. The van der Waals surface area contributed by atoms with E-state index in [-0.39, 0.29) is 50.5 Å². The van der Waals surface area contributed by atoms with Crippen LogP contribution in [0.4, 0.5) is 0 Å². The number of allylic oxidation sites excluding steroid dienone is 2. The molecule has 364 valence electrons. The Labute approximate surface area is 380 Å². The molecule has 4 aliphatic rings. The molecule has 0 aromatic rings. The number of rotatable bonds is 9. The van der Waals surface area contributed by atoms with Gasteiger partial charge in [0.1, 0.15) is 12.2 Å². The maximum atomic E-state index is 13.4. The summed E-state index contributed by atoms with van der Waals surface area (Å²) in [5, 5.41) is 57.4. The number of hydrogen-bond donors (Lipinski definition) is 5. The number of methoxy groups -OCH3 is 2. The molecule has 0 spiro atoms. The number of hydrogen-bond acceptors (Lipinski definition) is 18. The molecule has 12 atom stereocenters. The Morgan fingerprint density at radius 2 is 1.54 bits per heavy atom. The van der Waals surface area contributed by atoms with Crippen LogP contribution in [0.15, 0.2) is 59.8 Å². The van der Waals surface area contributed by atoms with E-state index in [1.54, 1.807) is 46.8 Å². The first-order valence-corrected chi connectivity index (χ1v) is 22.0. The molecule has 4 aliphatic heterocycles. The summed E-state index contributed by atoms with van der Waals surface area (Å²) in [5.74, 6) is -8.52. The maximum Gasteiger partial charge on any atom is 0.331 e. The van der Waals surface area contributed by atoms with Crippen LogP contribution >= 0.6 is 0 Å². The largest absolute Gasteiger partial charge is 0.466 e. The molecule has 3 saturated heterocycles. The number of aliphatic hydroxyl groups is 5. The molecule has 5 N–H and O–H groups in total. The van der Waals surface area contributed by atoms with Crippen molar-refractivity contribution in [3.63, 3.8) is 0 Å². The summed E-state index contributed by atoms with van der Waals surface area (Å²) in [6, 6.07) is 0. The molecule has 12 unspecified atom stereocenters. The van der Waals surface area contributed by atoms with Gasteiger partial charge in [0.05, 0.1) is 68.8 Å². The van der Waals surface area contributed by atoms with E-state index >= 15 is 0 Å². The van der Waals surface area contributed by atoms with E-state index in [0.29, 0.717) is 12.0 Å². The molecule has 4 rings (SSSR count). The van der Waals surface area contributed by atoms with Gasteiger partial charge in [0, 0.05) is 56.3 Å². The Balaban J connectivity index is 1.89. The summed E-state index contributed by atoms with van der Waals surface area (Å²) in [4.78, 5) is 64.7. The first-order chi connectivity index (χ1) is 30.3. The van der Waals surface area contributed by atoms with Gasteiger partial charge in [0.15, 0.2) is 11.9 Å². The second kappa shape index (κ2) is 22.5. The van der Waals surface area contributed by atoms with Crippen molar-refractivity contribution in [2.24, 2.45) is 10.8 Å². The summed E-state index contributed by atoms with van der Waals surface area (Å²) in [6.45, 7) is 10.9. The van der Waals surface area contributed by atoms with Crippen LogP contribution in [0.2, 0.25) is 0 Å². The third-order valence-electron chi connectivity index (χ3n) is 12.5. The van der Waals surface area contributed by atoms with Gasteiger partial charge in [-0.05, 0) is 38.2 Å². The Hall–Kier alpha value is -4.27. The van der Waals surface area contributed by atoms with Gasteiger partial charge in [-0.25, -0.2) is 14.4 Å². The Morgan fingerprint density at radius 1 is 0.862 bits per heavy atom. The van der Waals surface area contributed by atoms with Crippen LogP contribution in [0.25, 0.3) is 0 Å². The number of cyclic esters (lactones) is 1. The van der Waals surface area contributed by atoms with E-state index in [1.807, 2.05) is 0 Å². The van der Waals surface area contributed by atoms with Crippen molar-refractivity contribution in [2.45, 2.75) is 179 Å². The van der Waals surface area contributed by atoms with Gasteiger partial charge in [-0.3, -0.25) is 9.59 Å². The van der Waals surface area contributed by atoms with Gasteiger partial charge in [-0.15, -0.1) is 0 Å². The molecule has 3 fully saturated rings. The predicted molar refractivity (Wildman–Crippen MR) is 230 cm³/mol. The molecule has 18 heteroatoms. The monoisotopic (exact) mass is 920 g/mol. The minimum absolute atomic E-state index is 0.0623. The van der Waals surface area contributed by atoms with Crippen molar-refractivity contribution >= 4 is 29.8 Å². The first-order valence-electron chi connectivity index (χ1n) is 22.0. The lowest BCUT2D eigenvalue weighted by Gasteiger charge is -2.53. The van der Waals surface area contributed by atoms with Crippen LogP contribution < -0.4 is 0 Å². The Kier molecular flexibility index (Phi) is 18.5. The number of carbonyl (C=O) groups excluding carboxylic acids is 5. The molecule has 4 heterocycles. The van der Waals surface area contributed by atoms with E-state index in [4.69, 9.17) is 37.9 Å². The number of aliphatic hydroxyl groups excluding tert-OH is 3. The van der Waals surface area contributed by atoms with Gasteiger partial charge in [0.2, 0.25) is 5.79 Å². The van der Waals surface area contributed by atoms with E-state index in [9.17, 15) is 49.5 Å². The minimum atomic E-state index is -2.51. The minimum Gasteiger partial charge on any atom is -0.466 e. The van der Waals surface area contributed by atoms with Crippen molar-refractivity contribution < 1.29 is 87.4 Å². The summed E-state index contributed by atoms with van der Waals surface area (Å²) < 4.78 is 46.6. The zero-order valence-corrected chi connectivity index (χ0v) is 38.8. The quantitative estimate of drug-likeness (QED) is 0.0731. The highest BCUT2D eigenvalue weighted by molar-refractivity contribution is 5.85. The fraction of sp³-hybridized carbons (Fsp3) is 0.681. The molecule has 0 aromatic carbocycles. The molecule has 6 bridgehead atoms. The summed E-state index contributed by atoms with van der Waals surface area (Å²) >= 11 is 0. The van der Waals surface area contributed by atoms with Gasteiger partial charge >= 0.3 is 29.8 Å². The van der Waals surface area contributed by atoms with Crippen molar-refractivity contribution in [3.8, 4) is 0 Å². The van der Waals surface area contributed by atoms with E-state index in [1.165, 1.54) is 45.3 Å². The molecule has 0 aliphatic carbocycles. The number of esters is 5.